The van der Waals surface area contributed by atoms with Crippen molar-refractivity contribution in [1.29, 1.82) is 0 Å². The molecule has 3 rings (SSSR count). The number of nitrogens with one attached hydrogen (secondary N) is 1. The molecule has 2 fully saturated rings. The Kier molecular flexibility index (Phi) is 3.67. The lowest BCUT2D eigenvalue weighted by Gasteiger charge is -2.21. The van der Waals surface area contributed by atoms with Gasteiger partial charge in [0.05, 0.1) is 6.10 Å². The zero-order valence-corrected chi connectivity index (χ0v) is 10.9. The fourth-order valence-electron chi connectivity index (χ4n) is 3.17. The Morgan fingerprint density at radius 3 is 2.50 bits per heavy atom. The highest BCUT2D eigenvalue weighted by Gasteiger charge is 2.33. The van der Waals surface area contributed by atoms with Crippen LogP contribution in [0.3, 0.4) is 0 Å². The van der Waals surface area contributed by atoms with Crippen LogP contribution in [0.1, 0.15) is 43.7 Å². The topological polar surface area (TPSA) is 32.3 Å². The first-order valence-corrected chi connectivity index (χ1v) is 7.29. The van der Waals surface area contributed by atoms with E-state index in [2.05, 4.69) is 35.6 Å². The first kappa shape index (κ1) is 12.2. The summed E-state index contributed by atoms with van der Waals surface area (Å²) in [4.78, 5) is 0. The van der Waals surface area contributed by atoms with E-state index in [1.807, 2.05) is 0 Å². The molecule has 0 amide bonds. The Morgan fingerprint density at radius 1 is 1.11 bits per heavy atom. The summed E-state index contributed by atoms with van der Waals surface area (Å²) in [5.74, 6) is 1.50. The minimum atomic E-state index is -0.0482. The van der Waals surface area contributed by atoms with Gasteiger partial charge in [-0.2, -0.15) is 0 Å². The summed E-state index contributed by atoms with van der Waals surface area (Å²) in [6, 6.07) is 11.3. The standard InChI is InChI=1S/C16H23NO/c18-15-9-6-12(10-15)11-17-16(14-7-8-14)13-4-2-1-3-5-13/h1-5,12,14-18H,6-11H2. The predicted molar refractivity (Wildman–Crippen MR) is 73.3 cm³/mol. The van der Waals surface area contributed by atoms with E-state index in [1.54, 1.807) is 0 Å². The van der Waals surface area contributed by atoms with Crippen LogP contribution >= 0.6 is 0 Å². The maximum Gasteiger partial charge on any atom is 0.0543 e. The van der Waals surface area contributed by atoms with Crippen LogP contribution in [0, 0.1) is 11.8 Å². The number of aliphatic hydroxyl groups excluding tert-OH is 1. The van der Waals surface area contributed by atoms with E-state index in [9.17, 15) is 5.11 Å². The molecule has 0 bridgehead atoms. The zero-order chi connectivity index (χ0) is 12.4. The van der Waals surface area contributed by atoms with Crippen molar-refractivity contribution >= 4 is 0 Å². The normalized spacial score (nSPS) is 29.4. The van der Waals surface area contributed by atoms with Gasteiger partial charge in [-0.3, -0.25) is 0 Å². The lowest BCUT2D eigenvalue weighted by molar-refractivity contribution is 0.177. The van der Waals surface area contributed by atoms with Gasteiger partial charge >= 0.3 is 0 Å². The van der Waals surface area contributed by atoms with Gasteiger partial charge in [-0.1, -0.05) is 30.3 Å². The van der Waals surface area contributed by atoms with Crippen LogP contribution in [0.15, 0.2) is 30.3 Å². The number of hydrogen-bond donors (Lipinski definition) is 2. The summed E-state index contributed by atoms with van der Waals surface area (Å²) >= 11 is 0. The van der Waals surface area contributed by atoms with Crippen LogP contribution < -0.4 is 5.32 Å². The average Bonchev–Trinajstić information content (AvgIpc) is 3.14. The summed E-state index contributed by atoms with van der Waals surface area (Å²) < 4.78 is 0. The summed E-state index contributed by atoms with van der Waals surface area (Å²) in [5, 5.41) is 13.3. The second kappa shape index (κ2) is 5.41. The first-order chi connectivity index (χ1) is 8.83. The minimum Gasteiger partial charge on any atom is -0.393 e. The van der Waals surface area contributed by atoms with Crippen molar-refractivity contribution in [3.63, 3.8) is 0 Å². The van der Waals surface area contributed by atoms with E-state index in [-0.39, 0.29) is 6.10 Å². The van der Waals surface area contributed by atoms with Crippen LogP contribution in [0.2, 0.25) is 0 Å². The highest BCUT2D eigenvalue weighted by Crippen LogP contribution is 2.41. The Bertz CT molecular complexity index is 374. The number of rotatable bonds is 5. The molecule has 0 aromatic heterocycles. The largest absolute Gasteiger partial charge is 0.393 e. The van der Waals surface area contributed by atoms with E-state index in [4.69, 9.17) is 0 Å². The summed E-state index contributed by atoms with van der Waals surface area (Å²) in [6.45, 7) is 1.06. The lowest BCUT2D eigenvalue weighted by Crippen LogP contribution is -2.28. The molecular formula is C16H23NO. The van der Waals surface area contributed by atoms with E-state index in [0.29, 0.717) is 12.0 Å². The molecule has 1 aromatic rings. The minimum absolute atomic E-state index is 0.0482. The van der Waals surface area contributed by atoms with Gasteiger partial charge in [0.25, 0.3) is 0 Å². The van der Waals surface area contributed by atoms with Crippen molar-refractivity contribution in [3.05, 3.63) is 35.9 Å². The Balaban J connectivity index is 1.58. The molecule has 18 heavy (non-hydrogen) atoms. The van der Waals surface area contributed by atoms with Crippen LogP contribution in [0.25, 0.3) is 0 Å². The molecule has 3 unspecified atom stereocenters. The van der Waals surface area contributed by atoms with Crippen molar-refractivity contribution in [2.24, 2.45) is 11.8 Å². The summed E-state index contributed by atoms with van der Waals surface area (Å²) in [6.07, 6.45) is 5.83. The van der Waals surface area contributed by atoms with Gasteiger partial charge in [-0.05, 0) is 56.0 Å². The fourth-order valence-corrected chi connectivity index (χ4v) is 3.17. The summed E-state index contributed by atoms with van der Waals surface area (Å²) in [5.41, 5.74) is 1.43. The molecule has 1 aromatic carbocycles. The van der Waals surface area contributed by atoms with Crippen molar-refractivity contribution in [1.82, 2.24) is 5.32 Å². The maximum absolute atomic E-state index is 9.58. The fraction of sp³-hybridized carbons (Fsp3) is 0.625. The van der Waals surface area contributed by atoms with Gasteiger partial charge < -0.3 is 10.4 Å². The molecule has 2 aliphatic rings. The number of benzene rings is 1. The zero-order valence-electron chi connectivity index (χ0n) is 10.9. The Hall–Kier alpha value is -0.860. The lowest BCUT2D eigenvalue weighted by atomic mass is 10.0. The molecule has 0 spiro atoms. The van der Waals surface area contributed by atoms with Gasteiger partial charge in [0, 0.05) is 6.04 Å². The van der Waals surface area contributed by atoms with Crippen LogP contribution in [0.5, 0.6) is 0 Å². The van der Waals surface area contributed by atoms with Crippen LogP contribution in [0.4, 0.5) is 0 Å². The molecule has 2 N–H and O–H groups in total. The van der Waals surface area contributed by atoms with Gasteiger partial charge in [0.2, 0.25) is 0 Å². The molecule has 2 nitrogen and oxygen atoms in total. The van der Waals surface area contributed by atoms with Crippen molar-refractivity contribution < 1.29 is 5.11 Å². The third kappa shape index (κ3) is 2.93. The van der Waals surface area contributed by atoms with Crippen molar-refractivity contribution in [2.75, 3.05) is 6.54 Å². The second-order valence-corrected chi connectivity index (χ2v) is 5.97. The van der Waals surface area contributed by atoms with E-state index in [0.717, 1.165) is 25.3 Å². The monoisotopic (exact) mass is 245 g/mol. The van der Waals surface area contributed by atoms with Crippen LogP contribution in [-0.2, 0) is 0 Å². The molecule has 98 valence electrons. The SMILES string of the molecule is OC1CCC(CNC(c2ccccc2)C2CC2)C1. The van der Waals surface area contributed by atoms with Gasteiger partial charge in [-0.25, -0.2) is 0 Å². The Labute approximate surface area is 109 Å². The highest BCUT2D eigenvalue weighted by molar-refractivity contribution is 5.21. The van der Waals surface area contributed by atoms with Gasteiger partial charge in [0.1, 0.15) is 0 Å². The molecule has 2 aliphatic carbocycles. The third-order valence-corrected chi connectivity index (χ3v) is 4.39. The third-order valence-electron chi connectivity index (χ3n) is 4.39. The molecule has 3 atom stereocenters. The van der Waals surface area contributed by atoms with Gasteiger partial charge in [0.15, 0.2) is 0 Å². The van der Waals surface area contributed by atoms with E-state index >= 15 is 0 Å². The second-order valence-electron chi connectivity index (χ2n) is 5.97. The molecular weight excluding hydrogens is 222 g/mol. The van der Waals surface area contributed by atoms with Crippen LogP contribution in [-0.4, -0.2) is 17.8 Å². The molecule has 0 saturated heterocycles. The number of aliphatic hydroxyl groups is 1. The number of hydrogen-bond acceptors (Lipinski definition) is 2. The highest BCUT2D eigenvalue weighted by atomic mass is 16.3. The smallest absolute Gasteiger partial charge is 0.0543 e. The molecule has 0 heterocycles. The first-order valence-electron chi connectivity index (χ1n) is 7.29. The average molecular weight is 245 g/mol. The van der Waals surface area contributed by atoms with Gasteiger partial charge in [-0.15, -0.1) is 0 Å². The Morgan fingerprint density at radius 2 is 1.89 bits per heavy atom. The van der Waals surface area contributed by atoms with E-state index < -0.39 is 0 Å². The quantitative estimate of drug-likeness (QED) is 0.836. The summed E-state index contributed by atoms with van der Waals surface area (Å²) in [7, 11) is 0. The molecule has 2 saturated carbocycles. The van der Waals surface area contributed by atoms with Crippen molar-refractivity contribution in [2.45, 2.75) is 44.2 Å². The predicted octanol–water partition coefficient (Wildman–Crippen LogP) is 2.89. The molecule has 0 aliphatic heterocycles. The van der Waals surface area contributed by atoms with E-state index in [1.165, 1.54) is 24.8 Å². The maximum atomic E-state index is 9.58. The molecule has 2 heteroatoms. The van der Waals surface area contributed by atoms with Crippen molar-refractivity contribution in [3.8, 4) is 0 Å². The molecule has 0 radical (unpaired) electrons.